The van der Waals surface area contributed by atoms with Gasteiger partial charge < -0.3 is 4.74 Å². The second-order valence-electron chi connectivity index (χ2n) is 4.56. The van der Waals surface area contributed by atoms with Crippen LogP contribution in [-0.2, 0) is 6.42 Å². The zero-order valence-corrected chi connectivity index (χ0v) is 13.2. The fraction of sp³-hybridized carbons (Fsp3) is 0.143. The maximum Gasteiger partial charge on any atom is 0.573 e. The summed E-state index contributed by atoms with van der Waals surface area (Å²) in [4.78, 5) is 4.14. The van der Waals surface area contributed by atoms with E-state index in [2.05, 4.69) is 37.4 Å². The number of aromatic nitrogens is 3. The molecule has 0 unspecified atom stereocenters. The fourth-order valence-corrected chi connectivity index (χ4v) is 2.74. The van der Waals surface area contributed by atoms with Crippen molar-refractivity contribution in [2.24, 2.45) is 0 Å². The van der Waals surface area contributed by atoms with Crippen molar-refractivity contribution in [2.75, 3.05) is 0 Å². The summed E-state index contributed by atoms with van der Waals surface area (Å²) in [6, 6.07) is 9.66. The Morgan fingerprint density at radius 1 is 1.14 bits per heavy atom. The first-order valence-electron chi connectivity index (χ1n) is 6.23. The van der Waals surface area contributed by atoms with Gasteiger partial charge >= 0.3 is 6.36 Å². The summed E-state index contributed by atoms with van der Waals surface area (Å²) in [7, 11) is 0. The Morgan fingerprint density at radius 2 is 1.86 bits per heavy atom. The Labute approximate surface area is 137 Å². The van der Waals surface area contributed by atoms with Gasteiger partial charge in [-0.1, -0.05) is 12.1 Å². The maximum atomic E-state index is 12.1. The molecule has 8 heteroatoms. The molecule has 2 heterocycles. The van der Waals surface area contributed by atoms with Crippen molar-refractivity contribution in [1.82, 2.24) is 14.6 Å². The molecule has 4 nitrogen and oxygen atoms in total. The van der Waals surface area contributed by atoms with E-state index in [1.807, 2.05) is 12.1 Å². The van der Waals surface area contributed by atoms with Gasteiger partial charge in [0.1, 0.15) is 12.1 Å². The van der Waals surface area contributed by atoms with Crippen LogP contribution in [0.15, 0.2) is 42.7 Å². The smallest absolute Gasteiger partial charge is 0.406 e. The summed E-state index contributed by atoms with van der Waals surface area (Å²) in [5.74, 6) is -0.232. The molecule has 0 spiro atoms. The van der Waals surface area contributed by atoms with Crippen LogP contribution in [-0.4, -0.2) is 21.0 Å². The summed E-state index contributed by atoms with van der Waals surface area (Å²) in [5.41, 5.74) is 2.50. The predicted molar refractivity (Wildman–Crippen MR) is 81.6 cm³/mol. The second-order valence-corrected chi connectivity index (χ2v) is 5.81. The van der Waals surface area contributed by atoms with Gasteiger partial charge in [-0.3, -0.25) is 0 Å². The van der Waals surface area contributed by atoms with E-state index >= 15 is 0 Å². The molecule has 0 atom stereocenters. The van der Waals surface area contributed by atoms with Crippen molar-refractivity contribution < 1.29 is 17.9 Å². The van der Waals surface area contributed by atoms with E-state index in [1.165, 1.54) is 18.5 Å². The molecular weight excluding hydrogens is 410 g/mol. The van der Waals surface area contributed by atoms with Gasteiger partial charge in [0.25, 0.3) is 0 Å². The highest BCUT2D eigenvalue weighted by Gasteiger charge is 2.30. The largest absolute Gasteiger partial charge is 0.573 e. The minimum atomic E-state index is -4.68. The van der Waals surface area contributed by atoms with Gasteiger partial charge in [0, 0.05) is 15.7 Å². The van der Waals surface area contributed by atoms with Gasteiger partial charge in [-0.2, -0.15) is 5.10 Å². The number of pyridine rings is 1. The highest BCUT2D eigenvalue weighted by molar-refractivity contribution is 14.1. The van der Waals surface area contributed by atoms with E-state index in [4.69, 9.17) is 0 Å². The quantitative estimate of drug-likeness (QED) is 0.607. The molecule has 3 aromatic rings. The van der Waals surface area contributed by atoms with E-state index < -0.39 is 6.36 Å². The summed E-state index contributed by atoms with van der Waals surface area (Å²) in [5, 5.41) is 4.15. The maximum absolute atomic E-state index is 12.1. The number of rotatable bonds is 3. The first-order chi connectivity index (χ1) is 10.4. The molecule has 0 aliphatic carbocycles. The Bertz CT molecular complexity index is 799. The lowest BCUT2D eigenvalue weighted by Gasteiger charge is -2.10. The van der Waals surface area contributed by atoms with E-state index in [-0.39, 0.29) is 5.75 Å². The number of fused-ring (bicyclic) bond motifs is 1. The normalized spacial score (nSPS) is 11.8. The zero-order chi connectivity index (χ0) is 15.7. The predicted octanol–water partition coefficient (Wildman–Crippen LogP) is 3.82. The van der Waals surface area contributed by atoms with E-state index in [1.54, 1.807) is 16.6 Å². The summed E-state index contributed by atoms with van der Waals surface area (Å²) in [6.07, 6.45) is -2.68. The summed E-state index contributed by atoms with van der Waals surface area (Å²) >= 11 is 2.19. The van der Waals surface area contributed by atoms with Gasteiger partial charge in [0.15, 0.2) is 5.65 Å². The second kappa shape index (κ2) is 5.75. The van der Waals surface area contributed by atoms with Crippen molar-refractivity contribution in [3.05, 3.63) is 57.6 Å². The molecular formula is C14H9F3IN3O. The Hall–Kier alpha value is -1.84. The SMILES string of the molecule is FC(F)(F)Oc1ccc(Cc2cc(I)cc3ncnn23)cc1. The third-order valence-electron chi connectivity index (χ3n) is 2.96. The monoisotopic (exact) mass is 419 g/mol. The topological polar surface area (TPSA) is 39.4 Å². The number of halogens is 4. The van der Waals surface area contributed by atoms with Gasteiger partial charge in [0.05, 0.1) is 0 Å². The minimum Gasteiger partial charge on any atom is -0.406 e. The minimum absolute atomic E-state index is 0.232. The van der Waals surface area contributed by atoms with Crippen molar-refractivity contribution in [3.8, 4) is 5.75 Å². The lowest BCUT2D eigenvalue weighted by molar-refractivity contribution is -0.274. The van der Waals surface area contributed by atoms with Crippen LogP contribution in [0.5, 0.6) is 5.75 Å². The van der Waals surface area contributed by atoms with Gasteiger partial charge in [0.2, 0.25) is 0 Å². The average Bonchev–Trinajstić information content (AvgIpc) is 2.87. The van der Waals surface area contributed by atoms with Crippen LogP contribution in [0.25, 0.3) is 5.65 Å². The van der Waals surface area contributed by atoms with Crippen LogP contribution in [0.4, 0.5) is 13.2 Å². The van der Waals surface area contributed by atoms with E-state index in [9.17, 15) is 13.2 Å². The molecule has 114 valence electrons. The van der Waals surface area contributed by atoms with E-state index in [0.29, 0.717) is 6.42 Å². The lowest BCUT2D eigenvalue weighted by Crippen LogP contribution is -2.17. The molecule has 2 aromatic heterocycles. The van der Waals surface area contributed by atoms with Crippen LogP contribution in [0.2, 0.25) is 0 Å². The molecule has 0 radical (unpaired) electrons. The number of alkyl halides is 3. The molecule has 0 fully saturated rings. The molecule has 3 rings (SSSR count). The van der Waals surface area contributed by atoms with Crippen LogP contribution < -0.4 is 4.74 Å². The molecule has 0 bridgehead atoms. The number of hydrogen-bond donors (Lipinski definition) is 0. The molecule has 1 aromatic carbocycles. The summed E-state index contributed by atoms with van der Waals surface area (Å²) < 4.78 is 43.0. The van der Waals surface area contributed by atoms with Gasteiger partial charge in [-0.05, 0) is 52.4 Å². The summed E-state index contributed by atoms with van der Waals surface area (Å²) in [6.45, 7) is 0. The third kappa shape index (κ3) is 3.49. The molecule has 0 amide bonds. The fourth-order valence-electron chi connectivity index (χ4n) is 2.10. The highest BCUT2D eigenvalue weighted by atomic mass is 127. The van der Waals surface area contributed by atoms with Crippen LogP contribution in [0, 0.1) is 3.57 Å². The third-order valence-corrected chi connectivity index (χ3v) is 3.58. The standard InChI is InChI=1S/C14H9F3IN3O/c15-14(16,17)22-12-3-1-9(2-4-12)5-11-6-10(18)7-13-19-8-20-21(11)13/h1-4,6-8H,5H2. The molecule has 0 N–H and O–H groups in total. The van der Waals surface area contributed by atoms with Gasteiger partial charge in [-0.15, -0.1) is 13.2 Å². The van der Waals surface area contributed by atoms with E-state index in [0.717, 1.165) is 20.5 Å². The molecule has 0 aliphatic rings. The average molecular weight is 419 g/mol. The number of benzene rings is 1. The van der Waals surface area contributed by atoms with Crippen molar-refractivity contribution in [3.63, 3.8) is 0 Å². The van der Waals surface area contributed by atoms with Crippen molar-refractivity contribution in [1.29, 1.82) is 0 Å². The Kier molecular flexibility index (Phi) is 3.94. The molecule has 22 heavy (non-hydrogen) atoms. The molecule has 0 saturated carbocycles. The number of hydrogen-bond acceptors (Lipinski definition) is 3. The lowest BCUT2D eigenvalue weighted by atomic mass is 10.1. The Balaban J connectivity index is 1.84. The Morgan fingerprint density at radius 3 is 2.55 bits per heavy atom. The van der Waals surface area contributed by atoms with Crippen molar-refractivity contribution >= 4 is 28.2 Å². The first-order valence-corrected chi connectivity index (χ1v) is 7.31. The van der Waals surface area contributed by atoms with Crippen molar-refractivity contribution in [2.45, 2.75) is 12.8 Å². The first kappa shape index (κ1) is 15.1. The number of nitrogens with zero attached hydrogens (tertiary/aromatic N) is 3. The van der Waals surface area contributed by atoms with Crippen LogP contribution in [0.1, 0.15) is 11.3 Å². The van der Waals surface area contributed by atoms with Crippen LogP contribution in [0.3, 0.4) is 0 Å². The molecule has 0 aliphatic heterocycles. The van der Waals surface area contributed by atoms with Gasteiger partial charge in [-0.25, -0.2) is 9.50 Å². The molecule has 0 saturated heterocycles. The number of ether oxygens (including phenoxy) is 1. The highest BCUT2D eigenvalue weighted by Crippen LogP contribution is 2.23. The zero-order valence-electron chi connectivity index (χ0n) is 11.0. The van der Waals surface area contributed by atoms with Crippen LogP contribution >= 0.6 is 22.6 Å².